The van der Waals surface area contributed by atoms with E-state index >= 15 is 0 Å². The largest absolute Gasteiger partial charge is 0.309 e. The van der Waals surface area contributed by atoms with Crippen molar-refractivity contribution in [2.45, 2.75) is 35.3 Å². The summed E-state index contributed by atoms with van der Waals surface area (Å²) in [6.07, 6.45) is 7.28. The normalized spacial score (nSPS) is 24.5. The second-order valence-corrected chi connectivity index (χ2v) is 6.41. The van der Waals surface area contributed by atoms with Gasteiger partial charge in [0.1, 0.15) is 0 Å². The number of rotatable bonds is 3. The molecule has 80 valence electrons. The first-order valence-corrected chi connectivity index (χ1v) is 6.98. The van der Waals surface area contributed by atoms with Crippen LogP contribution in [0.5, 0.6) is 0 Å². The molecule has 0 aromatic carbocycles. The molecule has 0 aliphatic carbocycles. The van der Waals surface area contributed by atoms with Crippen LogP contribution in [0.25, 0.3) is 0 Å². The van der Waals surface area contributed by atoms with E-state index in [0.29, 0.717) is 11.3 Å². The fourth-order valence-electron chi connectivity index (χ4n) is 1.86. The molecule has 1 aromatic heterocycles. The molecule has 1 unspecified atom stereocenters. The SMILES string of the molecule is C#CCCNC1C[C@H](C)Sc2sccc21. The van der Waals surface area contributed by atoms with Crippen LogP contribution < -0.4 is 5.32 Å². The summed E-state index contributed by atoms with van der Waals surface area (Å²) in [6.45, 7) is 3.22. The minimum absolute atomic E-state index is 0.510. The van der Waals surface area contributed by atoms with Crippen molar-refractivity contribution in [2.75, 3.05) is 6.54 Å². The standard InChI is InChI=1S/C12H15NS2/c1-3-4-6-13-11-8-9(2)15-12-10(11)5-7-14-12/h1,5,7,9,11,13H,4,6,8H2,2H3/t9-,11?/m0/s1. The summed E-state index contributed by atoms with van der Waals surface area (Å²) in [5.41, 5.74) is 1.47. The Bertz CT molecular complexity index is 364. The highest BCUT2D eigenvalue weighted by Crippen LogP contribution is 2.43. The van der Waals surface area contributed by atoms with Crippen LogP contribution in [-0.2, 0) is 0 Å². The maximum Gasteiger partial charge on any atom is 0.0649 e. The van der Waals surface area contributed by atoms with Crippen LogP contribution in [0.2, 0.25) is 0 Å². The van der Waals surface area contributed by atoms with Crippen molar-refractivity contribution >= 4 is 23.1 Å². The number of hydrogen-bond donors (Lipinski definition) is 1. The third-order valence-corrected chi connectivity index (χ3v) is 4.91. The average Bonchev–Trinajstić information content (AvgIpc) is 2.65. The van der Waals surface area contributed by atoms with Crippen LogP contribution in [0.4, 0.5) is 0 Å². The Hall–Kier alpha value is -0.430. The Kier molecular flexibility index (Phi) is 3.74. The summed E-state index contributed by atoms with van der Waals surface area (Å²) in [4.78, 5) is 0. The molecule has 2 rings (SSSR count). The van der Waals surface area contributed by atoms with E-state index in [1.54, 1.807) is 0 Å². The first-order valence-electron chi connectivity index (χ1n) is 5.22. The highest BCUT2D eigenvalue weighted by Gasteiger charge is 2.25. The first-order chi connectivity index (χ1) is 7.31. The third-order valence-electron chi connectivity index (χ3n) is 2.57. The van der Waals surface area contributed by atoms with Gasteiger partial charge in [-0.2, -0.15) is 0 Å². The topological polar surface area (TPSA) is 12.0 Å². The third kappa shape index (κ3) is 2.57. The van der Waals surface area contributed by atoms with Crippen molar-refractivity contribution in [3.05, 3.63) is 17.0 Å². The Balaban J connectivity index is 2.04. The predicted octanol–water partition coefficient (Wildman–Crippen LogP) is 3.29. The van der Waals surface area contributed by atoms with Gasteiger partial charge in [-0.1, -0.05) is 6.92 Å². The van der Waals surface area contributed by atoms with E-state index < -0.39 is 0 Å². The van der Waals surface area contributed by atoms with Gasteiger partial charge in [-0.3, -0.25) is 0 Å². The van der Waals surface area contributed by atoms with Crippen LogP contribution in [0.3, 0.4) is 0 Å². The van der Waals surface area contributed by atoms with E-state index in [9.17, 15) is 0 Å². The number of fused-ring (bicyclic) bond motifs is 1. The number of terminal acetylenes is 1. The molecule has 1 aliphatic rings. The molecule has 0 spiro atoms. The van der Waals surface area contributed by atoms with Gasteiger partial charge in [0.25, 0.3) is 0 Å². The summed E-state index contributed by atoms with van der Waals surface area (Å²) in [5, 5.41) is 6.44. The average molecular weight is 237 g/mol. The number of nitrogens with one attached hydrogen (secondary N) is 1. The highest BCUT2D eigenvalue weighted by atomic mass is 32.2. The molecule has 2 heterocycles. The van der Waals surface area contributed by atoms with Crippen LogP contribution in [0.15, 0.2) is 15.7 Å². The lowest BCUT2D eigenvalue weighted by atomic mass is 10.0. The minimum atomic E-state index is 0.510. The summed E-state index contributed by atoms with van der Waals surface area (Å²) >= 11 is 3.85. The Labute approximate surface area is 99.7 Å². The van der Waals surface area contributed by atoms with Crippen LogP contribution in [-0.4, -0.2) is 11.8 Å². The van der Waals surface area contributed by atoms with Crippen molar-refractivity contribution in [1.29, 1.82) is 0 Å². The summed E-state index contributed by atoms with van der Waals surface area (Å²) in [5.74, 6) is 2.67. The number of hydrogen-bond acceptors (Lipinski definition) is 3. The molecule has 0 saturated heterocycles. The van der Waals surface area contributed by atoms with Gasteiger partial charge < -0.3 is 5.32 Å². The fraction of sp³-hybridized carbons (Fsp3) is 0.500. The Morgan fingerprint density at radius 2 is 2.53 bits per heavy atom. The summed E-state index contributed by atoms with van der Waals surface area (Å²) in [7, 11) is 0. The lowest BCUT2D eigenvalue weighted by Crippen LogP contribution is -2.27. The monoisotopic (exact) mass is 237 g/mol. The molecular weight excluding hydrogens is 222 g/mol. The molecule has 0 radical (unpaired) electrons. The maximum atomic E-state index is 5.25. The fourth-order valence-corrected chi connectivity index (χ4v) is 4.43. The zero-order chi connectivity index (χ0) is 10.7. The highest BCUT2D eigenvalue weighted by molar-refractivity contribution is 8.01. The van der Waals surface area contributed by atoms with E-state index in [1.807, 2.05) is 23.1 Å². The summed E-state index contributed by atoms with van der Waals surface area (Å²) in [6, 6.07) is 2.75. The molecule has 0 bridgehead atoms. The molecule has 1 aliphatic heterocycles. The van der Waals surface area contributed by atoms with Crippen molar-refractivity contribution in [2.24, 2.45) is 0 Å². The van der Waals surface area contributed by atoms with Crippen LogP contribution >= 0.6 is 23.1 Å². The number of thioether (sulfide) groups is 1. The number of thiophene rings is 1. The van der Waals surface area contributed by atoms with Gasteiger partial charge in [0, 0.05) is 24.3 Å². The molecule has 1 N–H and O–H groups in total. The zero-order valence-electron chi connectivity index (χ0n) is 8.82. The molecule has 0 fully saturated rings. The van der Waals surface area contributed by atoms with Gasteiger partial charge in [0.15, 0.2) is 0 Å². The molecule has 3 heteroatoms. The molecule has 2 atom stereocenters. The lowest BCUT2D eigenvalue weighted by molar-refractivity contribution is 0.496. The van der Waals surface area contributed by atoms with E-state index in [0.717, 1.165) is 13.0 Å². The second kappa shape index (κ2) is 5.07. The first kappa shape index (κ1) is 11.1. The van der Waals surface area contributed by atoms with Crippen LogP contribution in [0.1, 0.15) is 31.4 Å². The van der Waals surface area contributed by atoms with E-state index in [4.69, 9.17) is 6.42 Å². The van der Waals surface area contributed by atoms with E-state index in [1.165, 1.54) is 16.2 Å². The van der Waals surface area contributed by atoms with E-state index in [2.05, 4.69) is 29.6 Å². The quantitative estimate of drug-likeness (QED) is 0.639. The maximum absolute atomic E-state index is 5.25. The lowest BCUT2D eigenvalue weighted by Gasteiger charge is -2.27. The smallest absolute Gasteiger partial charge is 0.0649 e. The van der Waals surface area contributed by atoms with E-state index in [-0.39, 0.29) is 0 Å². The molecule has 0 saturated carbocycles. The predicted molar refractivity (Wildman–Crippen MR) is 68.4 cm³/mol. The van der Waals surface area contributed by atoms with Gasteiger partial charge in [0.05, 0.1) is 4.21 Å². The van der Waals surface area contributed by atoms with Gasteiger partial charge in [-0.05, 0) is 23.4 Å². The zero-order valence-corrected chi connectivity index (χ0v) is 10.5. The van der Waals surface area contributed by atoms with Crippen molar-refractivity contribution in [3.63, 3.8) is 0 Å². The van der Waals surface area contributed by atoms with Gasteiger partial charge >= 0.3 is 0 Å². The second-order valence-electron chi connectivity index (χ2n) is 3.79. The van der Waals surface area contributed by atoms with Gasteiger partial charge in [0.2, 0.25) is 0 Å². The van der Waals surface area contributed by atoms with Gasteiger partial charge in [-0.15, -0.1) is 35.4 Å². The summed E-state index contributed by atoms with van der Waals surface area (Å²) < 4.78 is 1.48. The Morgan fingerprint density at radius 1 is 1.67 bits per heavy atom. The molecule has 1 aromatic rings. The molecule has 0 amide bonds. The minimum Gasteiger partial charge on any atom is -0.309 e. The van der Waals surface area contributed by atoms with Gasteiger partial charge in [-0.25, -0.2) is 0 Å². The molecule has 1 nitrogen and oxygen atoms in total. The Morgan fingerprint density at radius 3 is 3.33 bits per heavy atom. The van der Waals surface area contributed by atoms with Crippen molar-refractivity contribution < 1.29 is 0 Å². The molecule has 15 heavy (non-hydrogen) atoms. The van der Waals surface area contributed by atoms with Crippen molar-refractivity contribution in [1.82, 2.24) is 5.32 Å². The molecular formula is C12H15NS2. The van der Waals surface area contributed by atoms with Crippen molar-refractivity contribution in [3.8, 4) is 12.3 Å². The van der Waals surface area contributed by atoms with Crippen LogP contribution in [0, 0.1) is 12.3 Å².